The van der Waals surface area contributed by atoms with Crippen molar-refractivity contribution in [1.82, 2.24) is 4.90 Å². The zero-order valence-electron chi connectivity index (χ0n) is 21.0. The van der Waals surface area contributed by atoms with Gasteiger partial charge in [-0.25, -0.2) is 4.39 Å². The van der Waals surface area contributed by atoms with Gasteiger partial charge in [-0.3, -0.25) is 4.90 Å². The summed E-state index contributed by atoms with van der Waals surface area (Å²) in [6.07, 6.45) is 2.54. The van der Waals surface area contributed by atoms with Gasteiger partial charge in [0.25, 0.3) is 0 Å². The second kappa shape index (κ2) is 10.5. The smallest absolute Gasteiger partial charge is 0.126 e. The first kappa shape index (κ1) is 23.9. The van der Waals surface area contributed by atoms with Crippen LogP contribution in [0, 0.1) is 5.82 Å². The Kier molecular flexibility index (Phi) is 6.77. The van der Waals surface area contributed by atoms with Crippen molar-refractivity contribution >= 4 is 0 Å². The zero-order chi connectivity index (χ0) is 25.1. The minimum Gasteiger partial charge on any atom is -0.491 e. The molecular formula is C33H32FNO2. The van der Waals surface area contributed by atoms with Gasteiger partial charge in [-0.15, -0.1) is 0 Å². The molecule has 3 nitrogen and oxygen atoms in total. The monoisotopic (exact) mass is 493 g/mol. The molecule has 0 spiro atoms. The van der Waals surface area contributed by atoms with Crippen LogP contribution in [0.25, 0.3) is 0 Å². The third-order valence-electron chi connectivity index (χ3n) is 7.80. The lowest BCUT2D eigenvalue weighted by molar-refractivity contribution is -0.0696. The van der Waals surface area contributed by atoms with E-state index in [1.807, 2.05) is 0 Å². The lowest BCUT2D eigenvalue weighted by Crippen LogP contribution is -2.56. The molecule has 4 aromatic rings. The van der Waals surface area contributed by atoms with Crippen molar-refractivity contribution in [2.75, 3.05) is 26.3 Å². The summed E-state index contributed by atoms with van der Waals surface area (Å²) in [5.41, 5.74) is 5.06. The van der Waals surface area contributed by atoms with Crippen LogP contribution in [-0.2, 0) is 23.1 Å². The number of hydrogen-bond donors (Lipinski definition) is 0. The highest BCUT2D eigenvalue weighted by molar-refractivity contribution is 5.50. The summed E-state index contributed by atoms with van der Waals surface area (Å²) in [4.78, 5) is 2.54. The molecule has 0 radical (unpaired) electrons. The Morgan fingerprint density at radius 2 is 1.32 bits per heavy atom. The highest BCUT2D eigenvalue weighted by Gasteiger charge is 2.44. The molecule has 1 atom stereocenters. The number of fused-ring (bicyclic) bond motifs is 1. The zero-order valence-corrected chi connectivity index (χ0v) is 21.0. The Hall–Kier alpha value is -3.47. The fraction of sp³-hybridized carbons (Fsp3) is 0.273. The molecule has 2 aliphatic rings. The Labute approximate surface area is 218 Å². The van der Waals surface area contributed by atoms with E-state index in [9.17, 15) is 4.39 Å². The SMILES string of the molecule is Fc1ccc(OCC2CN(C(c3ccccc3)(c3ccccc3)c3ccccc3)CCO2)c2c1CCC2. The molecule has 6 rings (SSSR count). The van der Waals surface area contributed by atoms with Gasteiger partial charge >= 0.3 is 0 Å². The molecule has 0 saturated carbocycles. The van der Waals surface area contributed by atoms with E-state index in [4.69, 9.17) is 9.47 Å². The van der Waals surface area contributed by atoms with E-state index in [1.165, 1.54) is 16.7 Å². The van der Waals surface area contributed by atoms with Crippen LogP contribution >= 0.6 is 0 Å². The van der Waals surface area contributed by atoms with Gasteiger partial charge in [0.2, 0.25) is 0 Å². The fourth-order valence-electron chi connectivity index (χ4n) is 6.16. The Morgan fingerprint density at radius 3 is 1.92 bits per heavy atom. The maximum atomic E-state index is 14.2. The van der Waals surface area contributed by atoms with Crippen molar-refractivity contribution in [3.63, 3.8) is 0 Å². The first-order chi connectivity index (χ1) is 18.3. The van der Waals surface area contributed by atoms with Crippen molar-refractivity contribution < 1.29 is 13.9 Å². The van der Waals surface area contributed by atoms with Gasteiger partial charge in [-0.05, 0) is 53.6 Å². The van der Waals surface area contributed by atoms with E-state index in [1.54, 1.807) is 12.1 Å². The van der Waals surface area contributed by atoms with Crippen molar-refractivity contribution in [3.8, 4) is 5.75 Å². The molecule has 1 saturated heterocycles. The van der Waals surface area contributed by atoms with Gasteiger partial charge in [-0.1, -0.05) is 91.0 Å². The predicted octanol–water partition coefficient (Wildman–Crippen LogP) is 6.39. The molecule has 1 heterocycles. The largest absolute Gasteiger partial charge is 0.491 e. The van der Waals surface area contributed by atoms with E-state index in [0.29, 0.717) is 19.8 Å². The number of nitrogens with zero attached hydrogens (tertiary/aromatic N) is 1. The molecule has 1 aliphatic heterocycles. The van der Waals surface area contributed by atoms with E-state index in [-0.39, 0.29) is 11.9 Å². The second-order valence-corrected chi connectivity index (χ2v) is 9.91. The lowest BCUT2D eigenvalue weighted by Gasteiger charge is -2.48. The quantitative estimate of drug-likeness (QED) is 0.279. The minimum absolute atomic E-state index is 0.105. The standard InChI is InChI=1S/C33H32FNO2/c34-31-19-20-32(30-18-10-17-29(30)31)37-24-28-23-35(21-22-36-28)33(25-11-4-1-5-12-25,26-13-6-2-7-14-26)27-15-8-3-9-16-27/h1-9,11-16,19-20,28H,10,17-18,21-24H2. The van der Waals surface area contributed by atoms with E-state index >= 15 is 0 Å². The number of hydrogen-bond acceptors (Lipinski definition) is 3. The highest BCUT2D eigenvalue weighted by Crippen LogP contribution is 2.43. The van der Waals surface area contributed by atoms with Crippen molar-refractivity contribution in [1.29, 1.82) is 0 Å². The Balaban J connectivity index is 1.35. The molecule has 1 fully saturated rings. The molecule has 0 amide bonds. The third kappa shape index (κ3) is 4.45. The van der Waals surface area contributed by atoms with Gasteiger partial charge in [-0.2, -0.15) is 0 Å². The van der Waals surface area contributed by atoms with Crippen LogP contribution < -0.4 is 4.74 Å². The summed E-state index contributed by atoms with van der Waals surface area (Å²) in [7, 11) is 0. The molecule has 188 valence electrons. The average molecular weight is 494 g/mol. The Bertz CT molecular complexity index is 1230. The van der Waals surface area contributed by atoms with Crippen LogP contribution in [0.5, 0.6) is 5.75 Å². The molecule has 1 aliphatic carbocycles. The fourth-order valence-corrected chi connectivity index (χ4v) is 6.16. The van der Waals surface area contributed by atoms with Crippen LogP contribution in [0.2, 0.25) is 0 Å². The average Bonchev–Trinajstić information content (AvgIpc) is 3.47. The molecule has 37 heavy (non-hydrogen) atoms. The number of rotatable bonds is 7. The summed E-state index contributed by atoms with van der Waals surface area (Å²) >= 11 is 0. The van der Waals surface area contributed by atoms with Crippen LogP contribution in [0.3, 0.4) is 0 Å². The lowest BCUT2D eigenvalue weighted by atomic mass is 9.75. The van der Waals surface area contributed by atoms with Gasteiger partial charge in [0.05, 0.1) is 12.1 Å². The molecule has 0 N–H and O–H groups in total. The third-order valence-corrected chi connectivity index (χ3v) is 7.80. The Morgan fingerprint density at radius 1 is 0.757 bits per heavy atom. The van der Waals surface area contributed by atoms with Gasteiger partial charge in [0.1, 0.15) is 24.3 Å². The molecule has 4 heteroatoms. The minimum atomic E-state index is -0.469. The predicted molar refractivity (Wildman–Crippen MR) is 144 cm³/mol. The van der Waals surface area contributed by atoms with E-state index in [0.717, 1.165) is 42.7 Å². The topological polar surface area (TPSA) is 21.7 Å². The van der Waals surface area contributed by atoms with Crippen LogP contribution in [0.15, 0.2) is 103 Å². The molecule has 4 aromatic carbocycles. The van der Waals surface area contributed by atoms with Crippen LogP contribution in [0.1, 0.15) is 34.2 Å². The number of halogens is 1. The molecule has 0 aromatic heterocycles. The summed E-state index contributed by atoms with van der Waals surface area (Å²) in [6, 6.07) is 35.6. The summed E-state index contributed by atoms with van der Waals surface area (Å²) in [5, 5.41) is 0. The maximum Gasteiger partial charge on any atom is 0.126 e. The highest BCUT2D eigenvalue weighted by atomic mass is 19.1. The molecule has 0 bridgehead atoms. The molecule has 1 unspecified atom stereocenters. The maximum absolute atomic E-state index is 14.2. The van der Waals surface area contributed by atoms with Gasteiger partial charge < -0.3 is 9.47 Å². The summed E-state index contributed by atoms with van der Waals surface area (Å²) in [6.45, 7) is 2.55. The summed E-state index contributed by atoms with van der Waals surface area (Å²) < 4.78 is 26.8. The first-order valence-electron chi connectivity index (χ1n) is 13.2. The molecular weight excluding hydrogens is 461 g/mol. The van der Waals surface area contributed by atoms with Gasteiger partial charge in [0, 0.05) is 18.7 Å². The van der Waals surface area contributed by atoms with Gasteiger partial charge in [0.15, 0.2) is 0 Å². The van der Waals surface area contributed by atoms with Crippen molar-refractivity contribution in [3.05, 3.63) is 137 Å². The van der Waals surface area contributed by atoms with Crippen LogP contribution in [0.4, 0.5) is 4.39 Å². The summed E-state index contributed by atoms with van der Waals surface area (Å²) in [5.74, 6) is 0.688. The first-order valence-corrected chi connectivity index (χ1v) is 13.2. The van der Waals surface area contributed by atoms with Crippen LogP contribution in [-0.4, -0.2) is 37.3 Å². The number of benzene rings is 4. The number of ether oxygens (including phenoxy) is 2. The second-order valence-electron chi connectivity index (χ2n) is 9.91. The van der Waals surface area contributed by atoms with E-state index in [2.05, 4.69) is 95.9 Å². The van der Waals surface area contributed by atoms with Crippen molar-refractivity contribution in [2.45, 2.75) is 30.9 Å². The number of morpholine rings is 1. The van der Waals surface area contributed by atoms with Crippen molar-refractivity contribution in [2.24, 2.45) is 0 Å². The van der Waals surface area contributed by atoms with E-state index < -0.39 is 5.54 Å². The normalized spacial score (nSPS) is 17.9.